The number of para-hydroxylation sites is 1. The van der Waals surface area contributed by atoms with E-state index in [-0.39, 0.29) is 10.8 Å². The molecule has 8 aromatic rings. The van der Waals surface area contributed by atoms with Gasteiger partial charge in [0.05, 0.1) is 5.69 Å². The Morgan fingerprint density at radius 1 is 0.474 bits per heavy atom. The van der Waals surface area contributed by atoms with E-state index < -0.39 is 0 Å². The van der Waals surface area contributed by atoms with E-state index in [2.05, 4.69) is 164 Å². The Bertz CT molecular complexity index is 2930. The Hall–Kier alpha value is -5.86. The molecule has 4 bridgehead atoms. The van der Waals surface area contributed by atoms with Crippen LogP contribution in [-0.2, 0) is 10.8 Å². The summed E-state index contributed by atoms with van der Waals surface area (Å²) in [5, 5.41) is 2.33. The summed E-state index contributed by atoms with van der Waals surface area (Å²) in [6, 6.07) is 57.4. The van der Waals surface area contributed by atoms with Gasteiger partial charge in [0.1, 0.15) is 11.2 Å². The van der Waals surface area contributed by atoms with E-state index in [0.29, 0.717) is 11.8 Å². The minimum atomic E-state index is -0.0930. The van der Waals surface area contributed by atoms with E-state index >= 15 is 0 Å². The summed E-state index contributed by atoms with van der Waals surface area (Å²) in [5.41, 5.74) is 19.6. The van der Waals surface area contributed by atoms with Crippen LogP contribution in [0.2, 0.25) is 0 Å². The zero-order valence-electron chi connectivity index (χ0n) is 32.6. The van der Waals surface area contributed by atoms with Gasteiger partial charge in [-0.1, -0.05) is 117 Å². The lowest BCUT2D eigenvalue weighted by Gasteiger charge is -2.61. The highest BCUT2D eigenvalue weighted by Gasteiger charge is 2.62. The van der Waals surface area contributed by atoms with Gasteiger partial charge in [-0.3, -0.25) is 0 Å². The summed E-state index contributed by atoms with van der Waals surface area (Å²) in [6.07, 6.45) is 6.92. The second kappa shape index (κ2) is 11.4. The van der Waals surface area contributed by atoms with Crippen LogP contribution in [0.3, 0.4) is 0 Å². The van der Waals surface area contributed by atoms with Crippen molar-refractivity contribution in [2.45, 2.75) is 56.8 Å². The first-order valence-corrected chi connectivity index (χ1v) is 21.3. The second-order valence-corrected chi connectivity index (χ2v) is 18.5. The SMILES string of the molecule is CC1(C)c2ccccc2-c2ccc(N(c3ccc(-c4ccc5c(c4)oc4ccccc45)cc3)c3cccc4c3C3(c5ccccc5-4)C4CC5CC(C4)CC3C5)cc21. The summed E-state index contributed by atoms with van der Waals surface area (Å²) in [4.78, 5) is 2.63. The van der Waals surface area contributed by atoms with E-state index in [1.54, 1.807) is 11.1 Å². The lowest BCUT2D eigenvalue weighted by atomic mass is 9.43. The lowest BCUT2D eigenvalue weighted by molar-refractivity contribution is -0.0397. The van der Waals surface area contributed by atoms with Crippen LogP contribution in [0.15, 0.2) is 156 Å². The maximum atomic E-state index is 6.33. The van der Waals surface area contributed by atoms with Gasteiger partial charge in [0.15, 0.2) is 0 Å². The highest BCUT2D eigenvalue weighted by atomic mass is 16.3. The summed E-state index contributed by atoms with van der Waals surface area (Å²) in [6.45, 7) is 4.81. The Kier molecular flexibility index (Phi) is 6.44. The van der Waals surface area contributed by atoms with Crippen molar-refractivity contribution < 1.29 is 4.42 Å². The van der Waals surface area contributed by atoms with Crippen molar-refractivity contribution in [2.75, 3.05) is 4.90 Å². The average molecular weight is 736 g/mol. The normalized spacial score (nSPS) is 24.2. The molecule has 14 rings (SSSR count). The molecule has 6 aliphatic rings. The standard InChI is InChI=1S/C55H45NO/c1-54(2)47-14-6-3-10-41(47)43-25-23-40(32-49(43)54)56(39-21-18-35(19-22-39)36-20-24-45-44-12-5-8-17-51(44)57-52(45)31-36)50-16-9-13-46-42-11-4-7-15-48(42)55(53(46)50)37-27-33-26-34(29-37)30-38(55)28-33/h3-25,31-34,37-38H,26-30H2,1-2H3. The molecular formula is C55H45NO. The largest absolute Gasteiger partial charge is 0.456 e. The number of hydrogen-bond donors (Lipinski definition) is 0. The van der Waals surface area contributed by atoms with Gasteiger partial charge in [-0.2, -0.15) is 0 Å². The Morgan fingerprint density at radius 3 is 1.88 bits per heavy atom. The molecule has 4 fully saturated rings. The third-order valence-electron chi connectivity index (χ3n) is 15.4. The zero-order valence-corrected chi connectivity index (χ0v) is 32.6. The highest BCUT2D eigenvalue weighted by molar-refractivity contribution is 6.06. The number of anilines is 3. The molecule has 276 valence electrons. The topological polar surface area (TPSA) is 16.4 Å². The van der Waals surface area contributed by atoms with Crippen LogP contribution in [0, 0.1) is 23.7 Å². The van der Waals surface area contributed by atoms with Gasteiger partial charge < -0.3 is 9.32 Å². The van der Waals surface area contributed by atoms with Crippen molar-refractivity contribution in [1.29, 1.82) is 0 Å². The molecule has 0 radical (unpaired) electrons. The van der Waals surface area contributed by atoms with Crippen LogP contribution in [0.1, 0.15) is 68.2 Å². The minimum Gasteiger partial charge on any atom is -0.456 e. The van der Waals surface area contributed by atoms with E-state index in [1.807, 2.05) is 6.07 Å². The molecule has 0 N–H and O–H groups in total. The van der Waals surface area contributed by atoms with Crippen LogP contribution >= 0.6 is 0 Å². The van der Waals surface area contributed by atoms with Crippen LogP contribution < -0.4 is 4.90 Å². The molecule has 2 heteroatoms. The molecule has 6 aliphatic carbocycles. The van der Waals surface area contributed by atoms with Gasteiger partial charge in [-0.05, 0) is 160 Å². The third-order valence-corrected chi connectivity index (χ3v) is 15.4. The van der Waals surface area contributed by atoms with Gasteiger partial charge in [-0.15, -0.1) is 0 Å². The molecule has 1 heterocycles. The van der Waals surface area contributed by atoms with E-state index in [4.69, 9.17) is 4.42 Å². The molecule has 7 aromatic carbocycles. The number of benzene rings is 7. The van der Waals surface area contributed by atoms with E-state index in [0.717, 1.165) is 28.4 Å². The summed E-state index contributed by atoms with van der Waals surface area (Å²) < 4.78 is 6.33. The number of hydrogen-bond acceptors (Lipinski definition) is 2. The van der Waals surface area contributed by atoms with Gasteiger partial charge >= 0.3 is 0 Å². The van der Waals surface area contributed by atoms with Gasteiger partial charge in [0, 0.05) is 33.0 Å². The van der Waals surface area contributed by atoms with Crippen LogP contribution in [0.25, 0.3) is 55.3 Å². The summed E-state index contributed by atoms with van der Waals surface area (Å²) in [5.74, 6) is 3.15. The number of furan rings is 1. The van der Waals surface area contributed by atoms with Crippen molar-refractivity contribution in [2.24, 2.45) is 23.7 Å². The smallest absolute Gasteiger partial charge is 0.136 e. The average Bonchev–Trinajstić information content (AvgIpc) is 3.84. The maximum absolute atomic E-state index is 6.33. The molecule has 1 aromatic heterocycles. The summed E-state index contributed by atoms with van der Waals surface area (Å²) in [7, 11) is 0. The van der Waals surface area contributed by atoms with Crippen molar-refractivity contribution in [3.8, 4) is 33.4 Å². The lowest BCUT2D eigenvalue weighted by Crippen LogP contribution is -2.55. The quantitative estimate of drug-likeness (QED) is 0.179. The van der Waals surface area contributed by atoms with E-state index in [9.17, 15) is 0 Å². The molecule has 0 unspecified atom stereocenters. The Labute approximate surface area is 334 Å². The predicted molar refractivity (Wildman–Crippen MR) is 235 cm³/mol. The molecule has 57 heavy (non-hydrogen) atoms. The van der Waals surface area contributed by atoms with Crippen LogP contribution in [0.4, 0.5) is 17.1 Å². The number of nitrogens with zero attached hydrogens (tertiary/aromatic N) is 1. The molecule has 0 atom stereocenters. The van der Waals surface area contributed by atoms with Gasteiger partial charge in [-0.25, -0.2) is 0 Å². The van der Waals surface area contributed by atoms with Gasteiger partial charge in [0.2, 0.25) is 0 Å². The molecule has 2 nitrogen and oxygen atoms in total. The molecule has 1 spiro atoms. The molecule has 0 aliphatic heterocycles. The van der Waals surface area contributed by atoms with Crippen molar-refractivity contribution >= 4 is 39.0 Å². The van der Waals surface area contributed by atoms with Crippen molar-refractivity contribution in [3.05, 3.63) is 174 Å². The highest BCUT2D eigenvalue weighted by Crippen LogP contribution is 2.71. The fraction of sp³-hybridized carbons (Fsp3) is 0.236. The van der Waals surface area contributed by atoms with Crippen LogP contribution in [0.5, 0.6) is 0 Å². The maximum Gasteiger partial charge on any atom is 0.136 e. The van der Waals surface area contributed by atoms with E-state index in [1.165, 1.54) is 99.1 Å². The molecule has 4 saturated carbocycles. The van der Waals surface area contributed by atoms with Crippen molar-refractivity contribution in [3.63, 3.8) is 0 Å². The Morgan fingerprint density at radius 2 is 1.09 bits per heavy atom. The fourth-order valence-corrected chi connectivity index (χ4v) is 13.3. The van der Waals surface area contributed by atoms with Crippen molar-refractivity contribution in [1.82, 2.24) is 0 Å². The Balaban J connectivity index is 1.01. The second-order valence-electron chi connectivity index (χ2n) is 18.5. The van der Waals surface area contributed by atoms with Crippen LogP contribution in [-0.4, -0.2) is 0 Å². The monoisotopic (exact) mass is 735 g/mol. The molecule has 0 amide bonds. The number of rotatable bonds is 4. The molecule has 0 saturated heterocycles. The fourth-order valence-electron chi connectivity index (χ4n) is 13.3. The first-order valence-electron chi connectivity index (χ1n) is 21.3. The zero-order chi connectivity index (χ0) is 37.6. The predicted octanol–water partition coefficient (Wildman–Crippen LogP) is 14.8. The van der Waals surface area contributed by atoms with Gasteiger partial charge in [0.25, 0.3) is 0 Å². The molecular weight excluding hydrogens is 691 g/mol. The number of fused-ring (bicyclic) bond motifs is 9. The first kappa shape index (κ1) is 32.2. The third kappa shape index (κ3) is 4.26. The summed E-state index contributed by atoms with van der Waals surface area (Å²) >= 11 is 0. The minimum absolute atomic E-state index is 0.0440. The first-order chi connectivity index (χ1) is 28.0.